The Morgan fingerprint density at radius 2 is 1.65 bits per heavy atom. The third-order valence-electron chi connectivity index (χ3n) is 2.33. The summed E-state index contributed by atoms with van der Waals surface area (Å²) in [6.07, 6.45) is -3.04. The molecule has 0 aliphatic carbocycles. The van der Waals surface area contributed by atoms with Crippen molar-refractivity contribution in [3.05, 3.63) is 52.8 Å². The summed E-state index contributed by atoms with van der Waals surface area (Å²) < 4.78 is 38.4. The van der Waals surface area contributed by atoms with Gasteiger partial charge in [0.1, 0.15) is 4.64 Å². The number of H-pyrrole nitrogens is 1. The standard InChI is InChI=1S/C12H8F3NS/c13-12(14,15)10-9(6-7-16-11(10)17)8-4-2-1-3-5-8/h1-7H,(H,16,17). The second kappa shape index (κ2) is 4.33. The van der Waals surface area contributed by atoms with Gasteiger partial charge in [-0.1, -0.05) is 42.5 Å². The van der Waals surface area contributed by atoms with Gasteiger partial charge in [-0.2, -0.15) is 13.2 Å². The van der Waals surface area contributed by atoms with Crippen molar-refractivity contribution in [2.75, 3.05) is 0 Å². The molecule has 0 spiro atoms. The van der Waals surface area contributed by atoms with Crippen LogP contribution in [0.4, 0.5) is 13.2 Å². The Morgan fingerprint density at radius 3 is 2.24 bits per heavy atom. The minimum Gasteiger partial charge on any atom is -0.352 e. The second-order valence-corrected chi connectivity index (χ2v) is 3.87. The molecule has 0 aliphatic heterocycles. The van der Waals surface area contributed by atoms with E-state index >= 15 is 0 Å². The molecular formula is C12H8F3NS. The lowest BCUT2D eigenvalue weighted by atomic mass is 10.0. The summed E-state index contributed by atoms with van der Waals surface area (Å²) in [4.78, 5) is 2.41. The topological polar surface area (TPSA) is 15.8 Å². The maximum Gasteiger partial charge on any atom is 0.419 e. The van der Waals surface area contributed by atoms with E-state index in [0.29, 0.717) is 5.56 Å². The zero-order valence-corrected chi connectivity index (χ0v) is 9.40. The van der Waals surface area contributed by atoms with Gasteiger partial charge in [-0.05, 0) is 17.2 Å². The van der Waals surface area contributed by atoms with Crippen molar-refractivity contribution in [1.82, 2.24) is 4.98 Å². The van der Waals surface area contributed by atoms with Crippen LogP contribution in [0.3, 0.4) is 0 Å². The van der Waals surface area contributed by atoms with Gasteiger partial charge in [0.2, 0.25) is 0 Å². The zero-order chi connectivity index (χ0) is 12.5. The number of hydrogen-bond donors (Lipinski definition) is 1. The highest BCUT2D eigenvalue weighted by atomic mass is 32.1. The van der Waals surface area contributed by atoms with E-state index in [-0.39, 0.29) is 10.2 Å². The minimum atomic E-state index is -4.46. The van der Waals surface area contributed by atoms with Crippen molar-refractivity contribution in [3.63, 3.8) is 0 Å². The van der Waals surface area contributed by atoms with Crippen molar-refractivity contribution < 1.29 is 13.2 Å². The van der Waals surface area contributed by atoms with Gasteiger partial charge in [0.25, 0.3) is 0 Å². The molecule has 1 N–H and O–H groups in total. The summed E-state index contributed by atoms with van der Waals surface area (Å²) in [5.41, 5.74) is -0.192. The van der Waals surface area contributed by atoms with Gasteiger partial charge in [-0.25, -0.2) is 0 Å². The number of aromatic nitrogens is 1. The lowest BCUT2D eigenvalue weighted by molar-refractivity contribution is -0.137. The number of aromatic amines is 1. The minimum absolute atomic E-state index is 0.0989. The zero-order valence-electron chi connectivity index (χ0n) is 8.58. The van der Waals surface area contributed by atoms with E-state index in [1.807, 2.05) is 0 Å². The van der Waals surface area contributed by atoms with Crippen molar-refractivity contribution in [2.45, 2.75) is 6.18 Å². The van der Waals surface area contributed by atoms with E-state index in [1.54, 1.807) is 30.3 Å². The fraction of sp³-hybridized carbons (Fsp3) is 0.0833. The summed E-state index contributed by atoms with van der Waals surface area (Å²) in [6.45, 7) is 0. The van der Waals surface area contributed by atoms with E-state index in [4.69, 9.17) is 12.2 Å². The van der Waals surface area contributed by atoms with Crippen LogP contribution < -0.4 is 0 Å². The number of alkyl halides is 3. The van der Waals surface area contributed by atoms with Crippen LogP contribution in [0.15, 0.2) is 42.6 Å². The molecule has 1 nitrogen and oxygen atoms in total. The Morgan fingerprint density at radius 1 is 1.00 bits per heavy atom. The molecule has 17 heavy (non-hydrogen) atoms. The fourth-order valence-electron chi connectivity index (χ4n) is 1.62. The molecule has 1 aromatic heterocycles. The van der Waals surface area contributed by atoms with Gasteiger partial charge in [0.05, 0.1) is 5.56 Å². The third kappa shape index (κ3) is 2.39. The maximum atomic E-state index is 12.9. The number of nitrogens with one attached hydrogen (secondary N) is 1. The Bertz CT molecular complexity index is 572. The molecule has 5 heteroatoms. The number of rotatable bonds is 1. The Hall–Kier alpha value is -1.62. The van der Waals surface area contributed by atoms with Crippen LogP contribution in [0, 0.1) is 4.64 Å². The molecule has 0 unspecified atom stereocenters. The largest absolute Gasteiger partial charge is 0.419 e. The average molecular weight is 255 g/mol. The molecule has 1 aromatic carbocycles. The van der Waals surface area contributed by atoms with E-state index in [1.165, 1.54) is 12.3 Å². The predicted octanol–water partition coefficient (Wildman–Crippen LogP) is 4.43. The van der Waals surface area contributed by atoms with Crippen LogP contribution in [0.1, 0.15) is 5.56 Å². The van der Waals surface area contributed by atoms with Crippen LogP contribution in [-0.4, -0.2) is 4.98 Å². The quantitative estimate of drug-likeness (QED) is 0.745. The lowest BCUT2D eigenvalue weighted by Gasteiger charge is -2.12. The highest BCUT2D eigenvalue weighted by molar-refractivity contribution is 7.71. The van der Waals surface area contributed by atoms with Crippen LogP contribution in [-0.2, 0) is 6.18 Å². The van der Waals surface area contributed by atoms with Crippen LogP contribution in [0.5, 0.6) is 0 Å². The molecule has 0 amide bonds. The Balaban J connectivity index is 2.72. The normalized spacial score (nSPS) is 11.5. The van der Waals surface area contributed by atoms with E-state index in [2.05, 4.69) is 4.98 Å². The van der Waals surface area contributed by atoms with Gasteiger partial charge in [-0.3, -0.25) is 0 Å². The summed E-state index contributed by atoms with van der Waals surface area (Å²) in [5, 5.41) is 0. The molecule has 0 saturated heterocycles. The molecular weight excluding hydrogens is 247 g/mol. The predicted molar refractivity (Wildman–Crippen MR) is 62.1 cm³/mol. The first-order valence-corrected chi connectivity index (χ1v) is 5.25. The summed E-state index contributed by atoms with van der Waals surface area (Å²) >= 11 is 4.71. The van der Waals surface area contributed by atoms with Crippen LogP contribution in [0.2, 0.25) is 0 Å². The molecule has 2 aromatic rings. The molecule has 0 fully saturated rings. The molecule has 1 heterocycles. The lowest BCUT2D eigenvalue weighted by Crippen LogP contribution is -2.09. The Labute approximate surface area is 101 Å². The number of hydrogen-bond acceptors (Lipinski definition) is 1. The smallest absolute Gasteiger partial charge is 0.352 e. The van der Waals surface area contributed by atoms with Gasteiger partial charge in [0, 0.05) is 6.20 Å². The highest BCUT2D eigenvalue weighted by Crippen LogP contribution is 2.37. The van der Waals surface area contributed by atoms with Crippen molar-refractivity contribution in [3.8, 4) is 11.1 Å². The van der Waals surface area contributed by atoms with Crippen molar-refractivity contribution in [1.29, 1.82) is 0 Å². The Kier molecular flexibility index (Phi) is 3.02. The highest BCUT2D eigenvalue weighted by Gasteiger charge is 2.35. The molecule has 88 valence electrons. The molecule has 0 aliphatic rings. The van der Waals surface area contributed by atoms with Gasteiger partial charge in [-0.15, -0.1) is 0 Å². The molecule has 2 rings (SSSR count). The molecule has 0 atom stereocenters. The third-order valence-corrected chi connectivity index (χ3v) is 2.65. The van der Waals surface area contributed by atoms with Gasteiger partial charge >= 0.3 is 6.18 Å². The summed E-state index contributed by atoms with van der Waals surface area (Å²) in [7, 11) is 0. The second-order valence-electron chi connectivity index (χ2n) is 3.46. The first-order valence-electron chi connectivity index (χ1n) is 4.84. The summed E-state index contributed by atoms with van der Waals surface area (Å²) in [6, 6.07) is 9.76. The van der Waals surface area contributed by atoms with Crippen molar-refractivity contribution in [2.24, 2.45) is 0 Å². The molecule has 0 saturated carbocycles. The van der Waals surface area contributed by atoms with E-state index in [0.717, 1.165) is 0 Å². The van der Waals surface area contributed by atoms with Gasteiger partial charge < -0.3 is 4.98 Å². The van der Waals surface area contributed by atoms with E-state index < -0.39 is 11.7 Å². The van der Waals surface area contributed by atoms with Crippen LogP contribution in [0.25, 0.3) is 11.1 Å². The molecule has 0 radical (unpaired) electrons. The average Bonchev–Trinajstić information content (AvgIpc) is 2.28. The van der Waals surface area contributed by atoms with Gasteiger partial charge in [0.15, 0.2) is 0 Å². The molecule has 0 bridgehead atoms. The maximum absolute atomic E-state index is 12.9. The SMILES string of the molecule is FC(F)(F)c1c(-c2ccccc2)cc[nH]c1=S. The van der Waals surface area contributed by atoms with Crippen molar-refractivity contribution >= 4 is 12.2 Å². The number of pyridine rings is 1. The van der Waals surface area contributed by atoms with Crippen LogP contribution >= 0.6 is 12.2 Å². The first-order chi connectivity index (χ1) is 8.00. The number of halogens is 3. The summed E-state index contributed by atoms with van der Waals surface area (Å²) in [5.74, 6) is 0. The fourth-order valence-corrected chi connectivity index (χ4v) is 1.91. The number of benzene rings is 1. The first kappa shape index (κ1) is 11.9. The monoisotopic (exact) mass is 255 g/mol. The van der Waals surface area contributed by atoms with E-state index in [9.17, 15) is 13.2 Å².